The summed E-state index contributed by atoms with van der Waals surface area (Å²) in [5.74, 6) is 3.42. The van der Waals surface area contributed by atoms with Crippen molar-refractivity contribution in [3.8, 4) is 23.0 Å². The molecule has 0 fully saturated rings. The third-order valence-corrected chi connectivity index (χ3v) is 8.59. The van der Waals surface area contributed by atoms with E-state index in [-0.39, 0.29) is 12.2 Å². The van der Waals surface area contributed by atoms with E-state index in [1.807, 2.05) is 0 Å². The van der Waals surface area contributed by atoms with E-state index >= 15 is 0 Å². The van der Waals surface area contributed by atoms with Gasteiger partial charge < -0.3 is 37.9 Å². The predicted molar refractivity (Wildman–Crippen MR) is 203 cm³/mol. The van der Waals surface area contributed by atoms with E-state index in [9.17, 15) is 0 Å². The standard InChI is InChI=1S/C44H54O8/c1-31(2)51-43-27-37-17-33-15-35-19-39-22-40(30-44(29-39)52-32(3)4)20-36-16-34(18-38(21-37)28-43)24-42(26-36)50-14-12-48-10-8-46-6-5-45-7-9-47-11-13-49-41(23-33)25-35/h15-16,21-32H,5-14,17-20H2,1-4H3. The molecule has 0 atom stereocenters. The summed E-state index contributed by atoms with van der Waals surface area (Å²) >= 11 is 0. The van der Waals surface area contributed by atoms with Gasteiger partial charge in [0.15, 0.2) is 0 Å². The maximum Gasteiger partial charge on any atom is 0.120 e. The number of hydrogen-bond acceptors (Lipinski definition) is 8. The van der Waals surface area contributed by atoms with Gasteiger partial charge in [-0.3, -0.25) is 0 Å². The van der Waals surface area contributed by atoms with Crippen molar-refractivity contribution in [2.45, 2.75) is 65.6 Å². The van der Waals surface area contributed by atoms with Gasteiger partial charge >= 0.3 is 0 Å². The van der Waals surface area contributed by atoms with Crippen molar-refractivity contribution in [3.05, 3.63) is 117 Å². The number of ether oxygens (including phenoxy) is 8. The van der Waals surface area contributed by atoms with Crippen LogP contribution in [0.2, 0.25) is 0 Å². The van der Waals surface area contributed by atoms with Gasteiger partial charge in [-0.2, -0.15) is 0 Å². The fourth-order valence-electron chi connectivity index (χ4n) is 6.72. The highest BCUT2D eigenvalue weighted by atomic mass is 16.6. The highest BCUT2D eigenvalue weighted by Crippen LogP contribution is 2.30. The molecule has 1 aliphatic heterocycles. The third kappa shape index (κ3) is 12.3. The van der Waals surface area contributed by atoms with E-state index < -0.39 is 0 Å². The molecule has 0 amide bonds. The normalized spacial score (nSPS) is 16.5. The predicted octanol–water partition coefficient (Wildman–Crippen LogP) is 7.78. The zero-order valence-corrected chi connectivity index (χ0v) is 31.2. The van der Waals surface area contributed by atoms with Crippen molar-refractivity contribution in [2.75, 3.05) is 66.1 Å². The van der Waals surface area contributed by atoms with Gasteiger partial charge in [-0.15, -0.1) is 0 Å². The first-order valence-corrected chi connectivity index (χ1v) is 18.7. The van der Waals surface area contributed by atoms with E-state index in [1.54, 1.807) is 0 Å². The van der Waals surface area contributed by atoms with Crippen LogP contribution < -0.4 is 18.9 Å². The van der Waals surface area contributed by atoms with E-state index in [0.29, 0.717) is 66.1 Å². The van der Waals surface area contributed by atoms with Gasteiger partial charge in [0.05, 0.1) is 65.1 Å². The summed E-state index contributed by atoms with van der Waals surface area (Å²) in [6.45, 7) is 13.1. The zero-order chi connectivity index (χ0) is 36.1. The van der Waals surface area contributed by atoms with Crippen LogP contribution in [0.25, 0.3) is 0 Å². The zero-order valence-electron chi connectivity index (χ0n) is 31.2. The van der Waals surface area contributed by atoms with Crippen molar-refractivity contribution < 1.29 is 37.9 Å². The molecule has 0 saturated carbocycles. The summed E-state index contributed by atoms with van der Waals surface area (Å²) < 4.78 is 48.1. The van der Waals surface area contributed by atoms with E-state index in [0.717, 1.165) is 48.7 Å². The summed E-state index contributed by atoms with van der Waals surface area (Å²) in [4.78, 5) is 0. The van der Waals surface area contributed by atoms with Crippen molar-refractivity contribution >= 4 is 0 Å². The van der Waals surface area contributed by atoms with Crippen LogP contribution in [0.1, 0.15) is 72.2 Å². The molecule has 0 spiro atoms. The molecule has 4 aromatic rings. The van der Waals surface area contributed by atoms with Crippen LogP contribution in [0.5, 0.6) is 23.0 Å². The van der Waals surface area contributed by atoms with Crippen molar-refractivity contribution in [2.24, 2.45) is 0 Å². The Morgan fingerprint density at radius 1 is 0.346 bits per heavy atom. The topological polar surface area (TPSA) is 73.8 Å². The van der Waals surface area contributed by atoms with E-state index in [4.69, 9.17) is 37.9 Å². The quantitative estimate of drug-likeness (QED) is 0.187. The number of benzene rings is 4. The maximum atomic E-state index is 6.31. The molecule has 0 aromatic heterocycles. The first-order chi connectivity index (χ1) is 25.3. The molecule has 52 heavy (non-hydrogen) atoms. The van der Waals surface area contributed by atoms with Crippen molar-refractivity contribution in [3.63, 3.8) is 0 Å². The lowest BCUT2D eigenvalue weighted by molar-refractivity contribution is -0.00699. The minimum Gasteiger partial charge on any atom is -0.491 e. The Bertz CT molecular complexity index is 1520. The molecule has 0 unspecified atom stereocenters. The summed E-state index contributed by atoms with van der Waals surface area (Å²) in [6.07, 6.45) is 3.07. The van der Waals surface area contributed by atoms with Gasteiger partial charge in [-0.25, -0.2) is 0 Å². The molecule has 0 N–H and O–H groups in total. The molecule has 10 bridgehead atoms. The molecule has 4 aromatic carbocycles. The Morgan fingerprint density at radius 2 is 0.596 bits per heavy atom. The summed E-state index contributed by atoms with van der Waals surface area (Å²) in [7, 11) is 0. The van der Waals surface area contributed by atoms with Crippen LogP contribution in [0.3, 0.4) is 0 Å². The SMILES string of the molecule is CC(C)Oc1cc2cc(c1)Cc1cc3cc(c1)OCCOCCOCCOCCOCCOc1cc(cc(c1)Cc1cc(cc(OC(C)C)c1)C3)C2. The van der Waals surface area contributed by atoms with Gasteiger partial charge in [0.2, 0.25) is 0 Å². The van der Waals surface area contributed by atoms with Crippen LogP contribution in [-0.2, 0) is 44.6 Å². The van der Waals surface area contributed by atoms with Gasteiger partial charge in [0.25, 0.3) is 0 Å². The lowest BCUT2D eigenvalue weighted by Gasteiger charge is -2.18. The monoisotopic (exact) mass is 710 g/mol. The van der Waals surface area contributed by atoms with Crippen LogP contribution in [0.4, 0.5) is 0 Å². The minimum atomic E-state index is 0.0622. The van der Waals surface area contributed by atoms with Gasteiger partial charge in [-0.05, 0) is 146 Å². The van der Waals surface area contributed by atoms with Crippen molar-refractivity contribution in [1.29, 1.82) is 0 Å². The lowest BCUT2D eigenvalue weighted by Crippen LogP contribution is -2.14. The van der Waals surface area contributed by atoms with Crippen LogP contribution in [0, 0.1) is 0 Å². The first kappa shape index (κ1) is 37.7. The fourth-order valence-corrected chi connectivity index (χ4v) is 6.72. The smallest absolute Gasteiger partial charge is 0.120 e. The Kier molecular flexibility index (Phi) is 13.9. The Labute approximate surface area is 309 Å². The molecule has 0 radical (unpaired) electrons. The Morgan fingerprint density at radius 3 is 0.865 bits per heavy atom. The number of hydrogen-bond donors (Lipinski definition) is 0. The Balaban J connectivity index is 1.41. The molecule has 2 aliphatic rings. The highest BCUT2D eigenvalue weighted by molar-refractivity contribution is 5.47. The summed E-state index contributed by atoms with van der Waals surface area (Å²) in [5, 5.41) is 0. The second-order valence-electron chi connectivity index (χ2n) is 14.1. The molecule has 6 rings (SSSR count). The number of rotatable bonds is 4. The highest BCUT2D eigenvalue weighted by Gasteiger charge is 2.14. The largest absolute Gasteiger partial charge is 0.491 e. The van der Waals surface area contributed by atoms with Gasteiger partial charge in [-0.1, -0.05) is 24.3 Å². The van der Waals surface area contributed by atoms with Crippen LogP contribution in [-0.4, -0.2) is 78.3 Å². The second kappa shape index (κ2) is 19.1. The van der Waals surface area contributed by atoms with Crippen LogP contribution >= 0.6 is 0 Å². The summed E-state index contributed by atoms with van der Waals surface area (Å²) in [5.41, 5.74) is 9.46. The first-order valence-electron chi connectivity index (χ1n) is 18.7. The fraction of sp³-hybridized carbons (Fsp3) is 0.455. The van der Waals surface area contributed by atoms with Gasteiger partial charge in [0, 0.05) is 0 Å². The average Bonchev–Trinajstić information content (AvgIpc) is 3.06. The molecule has 1 aliphatic carbocycles. The number of fused-ring (bicyclic) bond motifs is 6. The molecule has 0 saturated heterocycles. The minimum absolute atomic E-state index is 0.0622. The average molecular weight is 711 g/mol. The lowest BCUT2D eigenvalue weighted by atomic mass is 9.93. The van der Waals surface area contributed by atoms with Crippen molar-refractivity contribution in [1.82, 2.24) is 0 Å². The van der Waals surface area contributed by atoms with E-state index in [1.165, 1.54) is 44.5 Å². The Hall–Kier alpha value is -4.08. The second-order valence-corrected chi connectivity index (χ2v) is 14.1. The molecule has 1 heterocycles. The van der Waals surface area contributed by atoms with E-state index in [2.05, 4.69) is 100 Å². The third-order valence-electron chi connectivity index (χ3n) is 8.59. The molecule has 278 valence electrons. The van der Waals surface area contributed by atoms with Gasteiger partial charge in [0.1, 0.15) is 36.2 Å². The molecular weight excluding hydrogens is 656 g/mol. The van der Waals surface area contributed by atoms with Crippen LogP contribution in [0.15, 0.2) is 72.8 Å². The molecule has 8 nitrogen and oxygen atoms in total. The molecular formula is C44H54O8. The summed E-state index contributed by atoms with van der Waals surface area (Å²) in [6, 6.07) is 26.5. The maximum absolute atomic E-state index is 6.31. The molecule has 8 heteroatoms.